The molecule has 2 aromatic rings. The first-order valence-electron chi connectivity index (χ1n) is 16.8. The van der Waals surface area contributed by atoms with E-state index < -0.39 is 58.3 Å². The summed E-state index contributed by atoms with van der Waals surface area (Å²) in [6, 6.07) is 14.9. The molecule has 2 saturated carbocycles. The van der Waals surface area contributed by atoms with Gasteiger partial charge < -0.3 is 19.3 Å². The molecule has 48 heavy (non-hydrogen) atoms. The minimum absolute atomic E-state index is 0.0621. The molecule has 1 N–H and O–H groups in total. The first kappa shape index (κ1) is 35.9. The molecule has 3 aliphatic rings. The summed E-state index contributed by atoms with van der Waals surface area (Å²) in [5.74, 6) is -1.59. The lowest BCUT2D eigenvalue weighted by Crippen LogP contribution is -2.41. The molecule has 1 saturated heterocycles. The third-order valence-corrected chi connectivity index (χ3v) is 11.2. The average Bonchev–Trinajstić information content (AvgIpc) is 3.66. The number of rotatable bonds is 12. The van der Waals surface area contributed by atoms with Crippen LogP contribution >= 0.6 is 0 Å². The molecule has 5 rings (SSSR count). The van der Waals surface area contributed by atoms with Gasteiger partial charge in [-0.25, -0.2) is 0 Å². The predicted molar refractivity (Wildman–Crippen MR) is 171 cm³/mol. The van der Waals surface area contributed by atoms with Gasteiger partial charge in [-0.3, -0.25) is 14.4 Å². The van der Waals surface area contributed by atoms with Crippen molar-refractivity contribution in [2.24, 2.45) is 28.6 Å². The SMILES string of the molecule is CCC(C)(CC(CC(C)(C)C(=O)OC1C2CC3C(=O)OC1C3C2)c1ccc(C(C)(O)C(F)(F)F)cc1)C(=O)OC(C)(C)c1ccccc1. The molecule has 2 bridgehead atoms. The van der Waals surface area contributed by atoms with Crippen molar-refractivity contribution in [3.63, 3.8) is 0 Å². The Morgan fingerprint density at radius 1 is 0.896 bits per heavy atom. The number of benzene rings is 2. The van der Waals surface area contributed by atoms with Crippen LogP contribution in [0.1, 0.15) is 103 Å². The largest absolute Gasteiger partial charge is 0.458 e. The van der Waals surface area contributed by atoms with Crippen LogP contribution in [-0.4, -0.2) is 41.4 Å². The number of ether oxygens (including phenoxy) is 3. The second kappa shape index (κ2) is 12.5. The molecule has 0 aromatic heterocycles. The quantitative estimate of drug-likeness (QED) is 0.182. The van der Waals surface area contributed by atoms with Crippen LogP contribution < -0.4 is 0 Å². The number of fused-ring (bicyclic) bond motifs is 1. The van der Waals surface area contributed by atoms with Crippen molar-refractivity contribution >= 4 is 17.9 Å². The number of esters is 3. The van der Waals surface area contributed by atoms with Crippen molar-refractivity contribution in [1.82, 2.24) is 0 Å². The molecule has 2 aliphatic carbocycles. The minimum Gasteiger partial charge on any atom is -0.458 e. The number of carbonyl (C=O) groups excluding carboxylic acids is 3. The van der Waals surface area contributed by atoms with E-state index in [9.17, 15) is 32.7 Å². The molecule has 7 nitrogen and oxygen atoms in total. The lowest BCUT2D eigenvalue weighted by atomic mass is 9.70. The molecule has 3 fully saturated rings. The Bertz CT molecular complexity index is 1510. The van der Waals surface area contributed by atoms with Gasteiger partial charge in [-0.15, -0.1) is 0 Å². The molecule has 262 valence electrons. The molecule has 8 atom stereocenters. The Kier molecular flexibility index (Phi) is 9.34. The lowest BCUT2D eigenvalue weighted by molar-refractivity contribution is -0.258. The summed E-state index contributed by atoms with van der Waals surface area (Å²) in [5, 5.41) is 10.3. The smallest absolute Gasteiger partial charge is 0.421 e. The van der Waals surface area contributed by atoms with Crippen LogP contribution in [0, 0.1) is 28.6 Å². The fourth-order valence-electron chi connectivity index (χ4n) is 7.77. The number of aliphatic hydroxyl groups is 1. The van der Waals surface area contributed by atoms with Crippen LogP contribution in [0.3, 0.4) is 0 Å². The Morgan fingerprint density at radius 3 is 2.10 bits per heavy atom. The Balaban J connectivity index is 1.41. The van der Waals surface area contributed by atoms with Gasteiger partial charge >= 0.3 is 24.1 Å². The standard InChI is InChI=1S/C38H47F3O7/c1-8-36(6,33(44)48-35(4,5)25-12-10-9-11-13-25)21-24(22-14-16-26(17-15-22)37(7,45)38(39,40)41)20-34(2,3)32(43)47-29-23-18-27-28(19-23)31(42)46-30(27)29/h9-17,23-24,27-30,45H,8,18-21H2,1-7H3. The summed E-state index contributed by atoms with van der Waals surface area (Å²) in [6.45, 7) is 11.5. The molecular weight excluding hydrogens is 625 g/mol. The molecular formula is C38H47F3O7. The summed E-state index contributed by atoms with van der Waals surface area (Å²) in [5.41, 5.74) is -4.97. The first-order chi connectivity index (χ1) is 22.2. The highest BCUT2D eigenvalue weighted by Crippen LogP contribution is 2.56. The highest BCUT2D eigenvalue weighted by molar-refractivity contribution is 5.79. The summed E-state index contributed by atoms with van der Waals surface area (Å²) < 4.78 is 58.7. The number of alkyl halides is 3. The van der Waals surface area contributed by atoms with Gasteiger partial charge in [0.05, 0.1) is 16.7 Å². The molecule has 1 aliphatic heterocycles. The maximum absolute atomic E-state index is 13.9. The van der Waals surface area contributed by atoms with E-state index in [4.69, 9.17) is 14.2 Å². The molecule has 8 unspecified atom stereocenters. The second-order valence-corrected chi connectivity index (χ2v) is 15.6. The lowest BCUT2D eigenvalue weighted by Gasteiger charge is -2.37. The fraction of sp³-hybridized carbons (Fsp3) is 0.605. The molecule has 0 spiro atoms. The Labute approximate surface area is 280 Å². The molecule has 2 aromatic carbocycles. The first-order valence-corrected chi connectivity index (χ1v) is 16.8. The van der Waals surface area contributed by atoms with E-state index in [1.54, 1.807) is 20.8 Å². The van der Waals surface area contributed by atoms with Gasteiger partial charge in [-0.05, 0) is 96.3 Å². The zero-order valence-corrected chi connectivity index (χ0v) is 28.7. The summed E-state index contributed by atoms with van der Waals surface area (Å²) in [4.78, 5) is 40.0. The highest BCUT2D eigenvalue weighted by Gasteiger charge is 2.63. The van der Waals surface area contributed by atoms with E-state index in [0.717, 1.165) is 12.0 Å². The minimum atomic E-state index is -4.89. The summed E-state index contributed by atoms with van der Waals surface area (Å²) in [7, 11) is 0. The average molecular weight is 673 g/mol. The Hall–Kier alpha value is -3.40. The van der Waals surface area contributed by atoms with Crippen molar-refractivity contribution in [3.8, 4) is 0 Å². The zero-order chi connectivity index (χ0) is 35.4. The number of hydrogen-bond acceptors (Lipinski definition) is 7. The fourth-order valence-corrected chi connectivity index (χ4v) is 7.77. The van der Waals surface area contributed by atoms with Gasteiger partial charge in [0, 0.05) is 11.8 Å². The van der Waals surface area contributed by atoms with Crippen LogP contribution in [-0.2, 0) is 39.8 Å². The van der Waals surface area contributed by atoms with Gasteiger partial charge in [0.1, 0.15) is 17.8 Å². The molecule has 0 radical (unpaired) electrons. The number of hydrogen-bond donors (Lipinski definition) is 1. The zero-order valence-electron chi connectivity index (χ0n) is 28.7. The number of carbonyl (C=O) groups is 3. The van der Waals surface area contributed by atoms with Crippen molar-refractivity contribution in [3.05, 3.63) is 71.3 Å². The van der Waals surface area contributed by atoms with Crippen molar-refractivity contribution in [1.29, 1.82) is 0 Å². The molecule has 0 amide bonds. The van der Waals surface area contributed by atoms with Crippen LogP contribution in [0.15, 0.2) is 54.6 Å². The van der Waals surface area contributed by atoms with Crippen LogP contribution in [0.25, 0.3) is 0 Å². The third kappa shape index (κ3) is 6.61. The van der Waals surface area contributed by atoms with Crippen LogP contribution in [0.4, 0.5) is 13.2 Å². The van der Waals surface area contributed by atoms with Gasteiger partial charge in [0.2, 0.25) is 0 Å². The van der Waals surface area contributed by atoms with Crippen molar-refractivity contribution in [2.75, 3.05) is 0 Å². The topological polar surface area (TPSA) is 99.1 Å². The molecule has 1 heterocycles. The predicted octanol–water partition coefficient (Wildman–Crippen LogP) is 7.73. The van der Waals surface area contributed by atoms with E-state index in [1.165, 1.54) is 24.3 Å². The van der Waals surface area contributed by atoms with E-state index >= 15 is 0 Å². The van der Waals surface area contributed by atoms with Gasteiger partial charge in [-0.1, -0.05) is 61.5 Å². The van der Waals surface area contributed by atoms with Gasteiger partial charge in [0.25, 0.3) is 0 Å². The third-order valence-electron chi connectivity index (χ3n) is 11.2. The van der Waals surface area contributed by atoms with Crippen LogP contribution in [0.2, 0.25) is 0 Å². The highest BCUT2D eigenvalue weighted by atomic mass is 19.4. The van der Waals surface area contributed by atoms with E-state index in [1.807, 2.05) is 51.1 Å². The second-order valence-electron chi connectivity index (χ2n) is 15.6. The Morgan fingerprint density at radius 2 is 1.52 bits per heavy atom. The molecule has 10 heteroatoms. The van der Waals surface area contributed by atoms with E-state index in [2.05, 4.69) is 0 Å². The van der Waals surface area contributed by atoms with Crippen molar-refractivity contribution < 1.29 is 46.9 Å². The maximum Gasteiger partial charge on any atom is 0.421 e. The van der Waals surface area contributed by atoms with E-state index in [-0.39, 0.29) is 42.1 Å². The van der Waals surface area contributed by atoms with Crippen molar-refractivity contribution in [2.45, 2.75) is 116 Å². The van der Waals surface area contributed by atoms with E-state index in [0.29, 0.717) is 25.3 Å². The summed E-state index contributed by atoms with van der Waals surface area (Å²) >= 11 is 0. The summed E-state index contributed by atoms with van der Waals surface area (Å²) in [6.07, 6.45) is -3.56. The van der Waals surface area contributed by atoms with Gasteiger partial charge in [-0.2, -0.15) is 13.2 Å². The van der Waals surface area contributed by atoms with Gasteiger partial charge in [0.15, 0.2) is 5.60 Å². The monoisotopic (exact) mass is 672 g/mol. The number of halogens is 3. The van der Waals surface area contributed by atoms with Crippen LogP contribution in [0.5, 0.6) is 0 Å². The maximum atomic E-state index is 13.9. The normalized spacial score (nSPS) is 26.7.